The fraction of sp³-hybridized carbons (Fsp3) is 0.312. The average molecular weight is 316 g/mol. The van der Waals surface area contributed by atoms with Gasteiger partial charge in [-0.05, 0) is 25.5 Å². The van der Waals surface area contributed by atoms with Crippen LogP contribution in [0.3, 0.4) is 0 Å². The molecule has 0 spiro atoms. The molecule has 0 aliphatic rings. The van der Waals surface area contributed by atoms with Gasteiger partial charge in [-0.3, -0.25) is 4.68 Å². The second kappa shape index (κ2) is 5.93. The van der Waals surface area contributed by atoms with Gasteiger partial charge >= 0.3 is 0 Å². The van der Waals surface area contributed by atoms with E-state index in [2.05, 4.69) is 27.3 Å². The SMILES string of the molecule is CCc1cnc(C)nc1NCc1nn(C)c2cccc(Cl)c12. The lowest BCUT2D eigenvalue weighted by Gasteiger charge is -2.09. The number of benzene rings is 1. The van der Waals surface area contributed by atoms with Crippen LogP contribution in [0.4, 0.5) is 5.82 Å². The van der Waals surface area contributed by atoms with E-state index in [9.17, 15) is 0 Å². The topological polar surface area (TPSA) is 55.6 Å². The van der Waals surface area contributed by atoms with Crippen LogP contribution >= 0.6 is 11.6 Å². The highest BCUT2D eigenvalue weighted by atomic mass is 35.5. The zero-order valence-electron chi connectivity index (χ0n) is 12.9. The Morgan fingerprint density at radius 2 is 2.14 bits per heavy atom. The first-order chi connectivity index (χ1) is 10.6. The molecule has 1 aromatic carbocycles. The van der Waals surface area contributed by atoms with Crippen LogP contribution in [0.5, 0.6) is 0 Å². The van der Waals surface area contributed by atoms with E-state index in [0.717, 1.165) is 45.2 Å². The van der Waals surface area contributed by atoms with Crippen molar-refractivity contribution in [3.63, 3.8) is 0 Å². The highest BCUT2D eigenvalue weighted by Crippen LogP contribution is 2.27. The molecule has 3 rings (SSSR count). The van der Waals surface area contributed by atoms with Crippen molar-refractivity contribution in [2.24, 2.45) is 7.05 Å². The Bertz CT molecular complexity index is 825. The van der Waals surface area contributed by atoms with Gasteiger partial charge in [0, 0.05) is 24.2 Å². The second-order valence-electron chi connectivity index (χ2n) is 5.20. The Kier molecular flexibility index (Phi) is 3.98. The van der Waals surface area contributed by atoms with E-state index in [1.165, 1.54) is 0 Å². The summed E-state index contributed by atoms with van der Waals surface area (Å²) in [5, 5.41) is 9.65. The number of anilines is 1. The Hall–Kier alpha value is -2.14. The number of nitrogens with zero attached hydrogens (tertiary/aromatic N) is 4. The lowest BCUT2D eigenvalue weighted by Crippen LogP contribution is -2.07. The van der Waals surface area contributed by atoms with E-state index < -0.39 is 0 Å². The van der Waals surface area contributed by atoms with Crippen LogP contribution in [0, 0.1) is 6.92 Å². The molecule has 2 heterocycles. The predicted octanol–water partition coefficient (Wildman–Crippen LogP) is 3.50. The van der Waals surface area contributed by atoms with Gasteiger partial charge in [0.25, 0.3) is 0 Å². The average Bonchev–Trinajstić information content (AvgIpc) is 2.83. The van der Waals surface area contributed by atoms with E-state index in [1.807, 2.05) is 43.0 Å². The van der Waals surface area contributed by atoms with Crippen LogP contribution in [0.15, 0.2) is 24.4 Å². The molecule has 0 bridgehead atoms. The molecule has 0 amide bonds. The van der Waals surface area contributed by atoms with Crippen LogP contribution in [-0.4, -0.2) is 19.7 Å². The molecule has 22 heavy (non-hydrogen) atoms. The van der Waals surface area contributed by atoms with E-state index >= 15 is 0 Å². The lowest BCUT2D eigenvalue weighted by atomic mass is 10.2. The van der Waals surface area contributed by atoms with Crippen molar-refractivity contribution in [3.8, 4) is 0 Å². The van der Waals surface area contributed by atoms with E-state index in [4.69, 9.17) is 11.6 Å². The molecule has 0 aliphatic carbocycles. The Labute approximate surface area is 134 Å². The minimum atomic E-state index is 0.574. The molecule has 6 heteroatoms. The maximum Gasteiger partial charge on any atom is 0.133 e. The Morgan fingerprint density at radius 3 is 2.91 bits per heavy atom. The quantitative estimate of drug-likeness (QED) is 0.800. The number of halogens is 1. The summed E-state index contributed by atoms with van der Waals surface area (Å²) in [6.45, 7) is 4.55. The van der Waals surface area contributed by atoms with Crippen LogP contribution in [0.2, 0.25) is 5.02 Å². The highest BCUT2D eigenvalue weighted by molar-refractivity contribution is 6.35. The zero-order valence-corrected chi connectivity index (χ0v) is 13.6. The summed E-state index contributed by atoms with van der Waals surface area (Å²) in [5.74, 6) is 1.62. The number of hydrogen-bond acceptors (Lipinski definition) is 4. The van der Waals surface area contributed by atoms with Crippen molar-refractivity contribution in [2.75, 3.05) is 5.32 Å². The molecule has 0 saturated carbocycles. The molecule has 114 valence electrons. The molecule has 0 aliphatic heterocycles. The van der Waals surface area contributed by atoms with E-state index in [0.29, 0.717) is 6.54 Å². The van der Waals surface area contributed by atoms with Gasteiger partial charge in [0.2, 0.25) is 0 Å². The third-order valence-corrected chi connectivity index (χ3v) is 4.00. The van der Waals surface area contributed by atoms with Crippen LogP contribution in [0.1, 0.15) is 24.0 Å². The molecule has 1 N–H and O–H groups in total. The fourth-order valence-corrected chi connectivity index (χ4v) is 2.83. The summed E-state index contributed by atoms with van der Waals surface area (Å²) < 4.78 is 1.85. The molecule has 0 unspecified atom stereocenters. The van der Waals surface area contributed by atoms with Gasteiger partial charge in [-0.2, -0.15) is 5.10 Å². The number of hydrogen-bond donors (Lipinski definition) is 1. The first-order valence-corrected chi connectivity index (χ1v) is 7.64. The van der Waals surface area contributed by atoms with Crippen molar-refractivity contribution in [1.82, 2.24) is 19.7 Å². The Balaban J connectivity index is 1.93. The van der Waals surface area contributed by atoms with Gasteiger partial charge in [-0.25, -0.2) is 9.97 Å². The van der Waals surface area contributed by atoms with Crippen molar-refractivity contribution in [1.29, 1.82) is 0 Å². The monoisotopic (exact) mass is 315 g/mol. The van der Waals surface area contributed by atoms with Gasteiger partial charge in [0.1, 0.15) is 11.6 Å². The number of rotatable bonds is 4. The maximum absolute atomic E-state index is 6.33. The maximum atomic E-state index is 6.33. The number of aromatic nitrogens is 4. The normalized spacial score (nSPS) is 11.1. The standard InChI is InChI=1S/C16H18ClN5/c1-4-11-8-18-10(2)20-16(11)19-9-13-15-12(17)6-5-7-14(15)22(3)21-13/h5-8H,4,9H2,1-3H3,(H,18,19,20). The van der Waals surface area contributed by atoms with Crippen LogP contribution in [-0.2, 0) is 20.0 Å². The van der Waals surface area contributed by atoms with Crippen molar-refractivity contribution in [2.45, 2.75) is 26.8 Å². The molecule has 2 aromatic heterocycles. The lowest BCUT2D eigenvalue weighted by molar-refractivity contribution is 0.770. The summed E-state index contributed by atoms with van der Waals surface area (Å²) >= 11 is 6.33. The predicted molar refractivity (Wildman–Crippen MR) is 89.2 cm³/mol. The first-order valence-electron chi connectivity index (χ1n) is 7.26. The molecule has 0 atom stereocenters. The van der Waals surface area contributed by atoms with E-state index in [1.54, 1.807) is 0 Å². The van der Waals surface area contributed by atoms with Gasteiger partial charge in [-0.1, -0.05) is 24.6 Å². The largest absolute Gasteiger partial charge is 0.364 e. The van der Waals surface area contributed by atoms with Crippen molar-refractivity contribution < 1.29 is 0 Å². The minimum absolute atomic E-state index is 0.574. The summed E-state index contributed by atoms with van der Waals surface area (Å²) in [7, 11) is 1.93. The number of nitrogens with one attached hydrogen (secondary N) is 1. The third kappa shape index (κ3) is 2.64. The van der Waals surface area contributed by atoms with Crippen molar-refractivity contribution >= 4 is 28.3 Å². The van der Waals surface area contributed by atoms with Crippen LogP contribution < -0.4 is 5.32 Å². The summed E-state index contributed by atoms with van der Waals surface area (Å²) in [4.78, 5) is 8.72. The number of fused-ring (bicyclic) bond motifs is 1. The van der Waals surface area contributed by atoms with Gasteiger partial charge in [-0.15, -0.1) is 0 Å². The van der Waals surface area contributed by atoms with E-state index in [-0.39, 0.29) is 0 Å². The van der Waals surface area contributed by atoms with Crippen LogP contribution in [0.25, 0.3) is 10.9 Å². The smallest absolute Gasteiger partial charge is 0.133 e. The molecule has 5 nitrogen and oxygen atoms in total. The molecule has 0 saturated heterocycles. The summed E-state index contributed by atoms with van der Waals surface area (Å²) in [5.41, 5.74) is 3.04. The second-order valence-corrected chi connectivity index (χ2v) is 5.61. The third-order valence-electron chi connectivity index (χ3n) is 3.69. The molecular formula is C16H18ClN5. The zero-order chi connectivity index (χ0) is 15.7. The summed E-state index contributed by atoms with van der Waals surface area (Å²) in [6.07, 6.45) is 2.75. The molecule has 0 fully saturated rings. The number of aryl methyl sites for hydroxylation is 3. The fourth-order valence-electron chi connectivity index (χ4n) is 2.55. The summed E-state index contributed by atoms with van der Waals surface area (Å²) in [6, 6.07) is 5.85. The Morgan fingerprint density at radius 1 is 1.32 bits per heavy atom. The first kappa shape index (κ1) is 14.8. The molecule has 3 aromatic rings. The molecule has 0 radical (unpaired) electrons. The van der Waals surface area contributed by atoms with Gasteiger partial charge < -0.3 is 5.32 Å². The van der Waals surface area contributed by atoms with Crippen molar-refractivity contribution in [3.05, 3.63) is 46.5 Å². The van der Waals surface area contributed by atoms with Gasteiger partial charge in [0.15, 0.2) is 0 Å². The minimum Gasteiger partial charge on any atom is -0.364 e. The molecular weight excluding hydrogens is 298 g/mol. The van der Waals surface area contributed by atoms with Gasteiger partial charge in [0.05, 0.1) is 22.8 Å². The highest BCUT2D eigenvalue weighted by Gasteiger charge is 2.12.